The smallest absolute Gasteiger partial charge is 0.399 e. The van der Waals surface area contributed by atoms with Gasteiger partial charge >= 0.3 is 7.12 Å². The number of ether oxygens (including phenoxy) is 1. The Morgan fingerprint density at radius 1 is 0.966 bits per heavy atom. The summed E-state index contributed by atoms with van der Waals surface area (Å²) in [6.07, 6.45) is 2.16. The van der Waals surface area contributed by atoms with E-state index in [2.05, 4.69) is 82.4 Å². The minimum atomic E-state index is -0.321. The average Bonchev–Trinajstić information content (AvgIpc) is 2.90. The molecule has 5 heteroatoms. The van der Waals surface area contributed by atoms with Crippen LogP contribution < -0.4 is 10.8 Å². The van der Waals surface area contributed by atoms with E-state index < -0.39 is 0 Å². The zero-order valence-electron chi connectivity index (χ0n) is 18.2. The molecule has 1 fully saturated rings. The van der Waals surface area contributed by atoms with Gasteiger partial charge < -0.3 is 19.4 Å². The maximum atomic E-state index is 6.11. The van der Waals surface area contributed by atoms with Crippen molar-refractivity contribution in [2.24, 2.45) is 0 Å². The summed E-state index contributed by atoms with van der Waals surface area (Å²) in [5.41, 5.74) is 3.87. The Hall–Kier alpha value is -2.08. The summed E-state index contributed by atoms with van der Waals surface area (Å²) in [7, 11) is -0.321. The van der Waals surface area contributed by atoms with Crippen LogP contribution in [0.3, 0.4) is 0 Å². The summed E-state index contributed by atoms with van der Waals surface area (Å²) >= 11 is 0. The molecular weight excluding hydrogens is 361 g/mol. The van der Waals surface area contributed by atoms with Gasteiger partial charge in [0, 0.05) is 12.2 Å². The second-order valence-electron chi connectivity index (χ2n) is 8.62. The highest BCUT2D eigenvalue weighted by molar-refractivity contribution is 6.62. The lowest BCUT2D eigenvalue weighted by Crippen LogP contribution is -2.41. The van der Waals surface area contributed by atoms with Gasteiger partial charge in [-0.25, -0.2) is 0 Å². The molecule has 1 saturated heterocycles. The SMILES string of the molecule is C/C(=C\CNc1ccc(B2OC(C)(C)C(C)(C)O2)cc1)COCc1ccccc1. The Balaban J connectivity index is 1.44. The van der Waals surface area contributed by atoms with E-state index in [9.17, 15) is 0 Å². The molecule has 4 nitrogen and oxygen atoms in total. The fourth-order valence-electron chi connectivity index (χ4n) is 3.04. The Morgan fingerprint density at radius 3 is 2.21 bits per heavy atom. The van der Waals surface area contributed by atoms with Gasteiger partial charge in [0.2, 0.25) is 0 Å². The molecule has 0 unspecified atom stereocenters. The largest absolute Gasteiger partial charge is 0.494 e. The quantitative estimate of drug-likeness (QED) is 0.527. The summed E-state index contributed by atoms with van der Waals surface area (Å²) in [5, 5.41) is 3.42. The Labute approximate surface area is 175 Å². The van der Waals surface area contributed by atoms with Crippen molar-refractivity contribution in [2.75, 3.05) is 18.5 Å². The van der Waals surface area contributed by atoms with Gasteiger partial charge in [-0.05, 0) is 57.8 Å². The van der Waals surface area contributed by atoms with Gasteiger partial charge in [0.15, 0.2) is 0 Å². The lowest BCUT2D eigenvalue weighted by molar-refractivity contribution is 0.00578. The third kappa shape index (κ3) is 5.72. The third-order valence-electron chi connectivity index (χ3n) is 5.63. The van der Waals surface area contributed by atoms with Crippen molar-refractivity contribution >= 4 is 18.3 Å². The molecule has 1 N–H and O–H groups in total. The van der Waals surface area contributed by atoms with Crippen LogP contribution in [0.5, 0.6) is 0 Å². The molecule has 1 aliphatic heterocycles. The molecule has 3 rings (SSSR count). The Morgan fingerprint density at radius 2 is 1.59 bits per heavy atom. The van der Waals surface area contributed by atoms with Crippen molar-refractivity contribution in [1.82, 2.24) is 0 Å². The topological polar surface area (TPSA) is 39.7 Å². The molecule has 29 heavy (non-hydrogen) atoms. The third-order valence-corrected chi connectivity index (χ3v) is 5.63. The minimum absolute atomic E-state index is 0.320. The zero-order chi connectivity index (χ0) is 20.9. The highest BCUT2D eigenvalue weighted by atomic mass is 16.7. The highest BCUT2D eigenvalue weighted by Crippen LogP contribution is 2.36. The fraction of sp³-hybridized carbons (Fsp3) is 0.417. The summed E-state index contributed by atoms with van der Waals surface area (Å²) in [6.45, 7) is 12.4. The lowest BCUT2D eigenvalue weighted by Gasteiger charge is -2.32. The van der Waals surface area contributed by atoms with Gasteiger partial charge in [0.1, 0.15) is 0 Å². The second kappa shape index (κ2) is 9.16. The Bertz CT molecular complexity index is 800. The Kier molecular flexibility index (Phi) is 6.83. The second-order valence-corrected chi connectivity index (χ2v) is 8.62. The molecule has 0 aromatic heterocycles. The number of hydrogen-bond acceptors (Lipinski definition) is 4. The monoisotopic (exact) mass is 393 g/mol. The van der Waals surface area contributed by atoms with Crippen LogP contribution in [0, 0.1) is 0 Å². The summed E-state index contributed by atoms with van der Waals surface area (Å²) in [5.74, 6) is 0. The first-order valence-corrected chi connectivity index (χ1v) is 10.2. The van der Waals surface area contributed by atoms with Crippen molar-refractivity contribution < 1.29 is 14.0 Å². The maximum Gasteiger partial charge on any atom is 0.494 e. The van der Waals surface area contributed by atoms with Gasteiger partial charge in [-0.1, -0.05) is 54.1 Å². The predicted molar refractivity (Wildman–Crippen MR) is 121 cm³/mol. The molecule has 0 amide bonds. The van der Waals surface area contributed by atoms with Crippen LogP contribution >= 0.6 is 0 Å². The molecule has 1 heterocycles. The van der Waals surface area contributed by atoms with E-state index in [1.807, 2.05) is 18.2 Å². The number of hydrogen-bond donors (Lipinski definition) is 1. The molecule has 1 aliphatic rings. The molecule has 0 radical (unpaired) electrons. The molecule has 0 atom stereocenters. The molecule has 0 saturated carbocycles. The first-order chi connectivity index (χ1) is 13.8. The normalized spacial score (nSPS) is 18.1. The summed E-state index contributed by atoms with van der Waals surface area (Å²) < 4.78 is 18.0. The van der Waals surface area contributed by atoms with Gasteiger partial charge in [-0.3, -0.25) is 0 Å². The fourth-order valence-corrected chi connectivity index (χ4v) is 3.04. The van der Waals surface area contributed by atoms with Gasteiger partial charge in [-0.2, -0.15) is 0 Å². The van der Waals surface area contributed by atoms with E-state index >= 15 is 0 Å². The molecule has 2 aromatic carbocycles. The molecule has 0 spiro atoms. The highest BCUT2D eigenvalue weighted by Gasteiger charge is 2.51. The standard InChI is InChI=1S/C24H32BNO3/c1-19(17-27-18-20-9-7-6-8-10-20)15-16-26-22-13-11-21(12-14-22)25-28-23(2,3)24(4,5)29-25/h6-15,26H,16-18H2,1-5H3/b19-15+. The van der Waals surface area contributed by atoms with Crippen LogP contribution in [0.4, 0.5) is 5.69 Å². The van der Waals surface area contributed by atoms with E-state index in [1.54, 1.807) is 0 Å². The van der Waals surface area contributed by atoms with Crippen LogP contribution in [0.2, 0.25) is 0 Å². The van der Waals surface area contributed by atoms with Crippen molar-refractivity contribution in [1.29, 1.82) is 0 Å². The van der Waals surface area contributed by atoms with E-state index in [-0.39, 0.29) is 18.3 Å². The van der Waals surface area contributed by atoms with E-state index in [1.165, 1.54) is 11.1 Å². The molecular formula is C24H32BNO3. The summed E-state index contributed by atoms with van der Waals surface area (Å²) in [6, 6.07) is 18.5. The zero-order valence-corrected chi connectivity index (χ0v) is 18.2. The van der Waals surface area contributed by atoms with Gasteiger partial charge in [0.05, 0.1) is 24.4 Å². The van der Waals surface area contributed by atoms with E-state index in [4.69, 9.17) is 14.0 Å². The first-order valence-electron chi connectivity index (χ1n) is 10.2. The van der Waals surface area contributed by atoms with Crippen LogP contribution in [0.15, 0.2) is 66.2 Å². The predicted octanol–water partition coefficient (Wildman–Crippen LogP) is 4.56. The van der Waals surface area contributed by atoms with Crippen LogP contribution in [-0.4, -0.2) is 31.5 Å². The van der Waals surface area contributed by atoms with E-state index in [0.29, 0.717) is 13.2 Å². The van der Waals surface area contributed by atoms with Gasteiger partial charge in [-0.15, -0.1) is 0 Å². The summed E-state index contributed by atoms with van der Waals surface area (Å²) in [4.78, 5) is 0. The molecule has 0 bridgehead atoms. The molecule has 154 valence electrons. The minimum Gasteiger partial charge on any atom is -0.399 e. The van der Waals surface area contributed by atoms with Crippen molar-refractivity contribution in [3.63, 3.8) is 0 Å². The van der Waals surface area contributed by atoms with Crippen molar-refractivity contribution in [3.8, 4) is 0 Å². The molecule has 0 aliphatic carbocycles. The van der Waals surface area contributed by atoms with Crippen LogP contribution in [-0.2, 0) is 20.7 Å². The number of rotatable bonds is 8. The van der Waals surface area contributed by atoms with Gasteiger partial charge in [0.25, 0.3) is 0 Å². The van der Waals surface area contributed by atoms with Crippen molar-refractivity contribution in [3.05, 3.63) is 71.8 Å². The maximum absolute atomic E-state index is 6.11. The number of nitrogens with one attached hydrogen (secondary N) is 1. The van der Waals surface area contributed by atoms with Crippen LogP contribution in [0.1, 0.15) is 40.2 Å². The average molecular weight is 393 g/mol. The molecule has 2 aromatic rings. The van der Waals surface area contributed by atoms with Crippen LogP contribution in [0.25, 0.3) is 0 Å². The number of benzene rings is 2. The number of anilines is 1. The first kappa shape index (κ1) is 21.6. The van der Waals surface area contributed by atoms with E-state index in [0.717, 1.165) is 17.7 Å². The van der Waals surface area contributed by atoms with Crippen molar-refractivity contribution in [2.45, 2.75) is 52.4 Å². The lowest BCUT2D eigenvalue weighted by atomic mass is 9.79.